The van der Waals surface area contributed by atoms with Gasteiger partial charge in [-0.15, -0.1) is 0 Å². The summed E-state index contributed by atoms with van der Waals surface area (Å²) >= 11 is 3.66. The third-order valence-electron chi connectivity index (χ3n) is 1.55. The minimum absolute atomic E-state index is 0.0487. The van der Waals surface area contributed by atoms with Gasteiger partial charge in [-0.3, -0.25) is 4.79 Å². The van der Waals surface area contributed by atoms with Gasteiger partial charge >= 0.3 is 5.97 Å². The van der Waals surface area contributed by atoms with Crippen LogP contribution in [-0.2, 0) is 9.53 Å². The highest BCUT2D eigenvalue weighted by Crippen LogP contribution is 2.04. The van der Waals surface area contributed by atoms with Gasteiger partial charge in [0.15, 0.2) is 0 Å². The Balaban J connectivity index is 3.10. The number of hydrogen-bond donors (Lipinski definition) is 0. The van der Waals surface area contributed by atoms with Crippen LogP contribution < -0.4 is 0 Å². The molecule has 0 aliphatic carbocycles. The lowest BCUT2D eigenvalue weighted by Crippen LogP contribution is -2.07. The predicted molar refractivity (Wildman–Crippen MR) is 66.2 cm³/mol. The predicted octanol–water partition coefficient (Wildman–Crippen LogP) is 2.82. The molecule has 0 atom stereocenters. The van der Waals surface area contributed by atoms with Gasteiger partial charge in [0.2, 0.25) is 0 Å². The Labute approximate surface area is 95.5 Å². The van der Waals surface area contributed by atoms with Crippen LogP contribution in [0.3, 0.4) is 0 Å². The average molecular weight is 236 g/mol. The second kappa shape index (κ2) is 11.2. The maximum atomic E-state index is 11.1. The van der Waals surface area contributed by atoms with Crippen molar-refractivity contribution in [2.45, 2.75) is 26.7 Å². The van der Waals surface area contributed by atoms with E-state index in [4.69, 9.17) is 4.74 Å². The molecule has 0 fully saturated rings. The molecule has 0 N–H and O–H groups in total. The first-order valence-electron chi connectivity index (χ1n) is 5.12. The largest absolute Gasteiger partial charge is 0.466 e. The highest BCUT2D eigenvalue weighted by atomic mass is 32.2. The van der Waals surface area contributed by atoms with Crippen LogP contribution in [0.25, 0.3) is 0 Å². The maximum absolute atomic E-state index is 11.1. The molecular weight excluding hydrogens is 216 g/mol. The van der Waals surface area contributed by atoms with Crippen molar-refractivity contribution >= 4 is 29.5 Å². The lowest BCUT2D eigenvalue weighted by atomic mass is 10.5. The van der Waals surface area contributed by atoms with Crippen molar-refractivity contribution < 1.29 is 9.53 Å². The van der Waals surface area contributed by atoms with Crippen LogP contribution >= 0.6 is 23.5 Å². The Bertz CT molecular complexity index is 140. The normalized spacial score (nSPS) is 10.1. The fourth-order valence-corrected chi connectivity index (χ4v) is 2.07. The van der Waals surface area contributed by atoms with Gasteiger partial charge in [-0.05, 0) is 23.7 Å². The molecule has 0 radical (unpaired) electrons. The Kier molecular flexibility index (Phi) is 11.4. The molecule has 0 aromatic heterocycles. The van der Waals surface area contributed by atoms with Crippen molar-refractivity contribution in [3.8, 4) is 0 Å². The highest BCUT2D eigenvalue weighted by Gasteiger charge is 2.01. The summed E-state index contributed by atoms with van der Waals surface area (Å²) in [5, 5.41) is 0. The maximum Gasteiger partial charge on any atom is 0.306 e. The quantitative estimate of drug-likeness (QED) is 0.454. The molecule has 0 aliphatic rings. The fourth-order valence-electron chi connectivity index (χ4n) is 0.863. The van der Waals surface area contributed by atoms with E-state index in [9.17, 15) is 4.79 Å². The number of esters is 1. The van der Waals surface area contributed by atoms with E-state index >= 15 is 0 Å². The van der Waals surface area contributed by atoms with Gasteiger partial charge in [-0.25, -0.2) is 0 Å². The average Bonchev–Trinajstić information content (AvgIpc) is 2.18. The van der Waals surface area contributed by atoms with Crippen molar-refractivity contribution in [2.75, 3.05) is 29.6 Å². The molecule has 0 aromatic carbocycles. The molecule has 0 bridgehead atoms. The Morgan fingerprint density at radius 1 is 1.14 bits per heavy atom. The number of thioether (sulfide) groups is 2. The Morgan fingerprint density at radius 3 is 2.43 bits per heavy atom. The van der Waals surface area contributed by atoms with Gasteiger partial charge in [-0.1, -0.05) is 13.8 Å². The SMILES string of the molecule is CCSCCCOC(=O)CCSCC. The Hall–Kier alpha value is 0.170. The van der Waals surface area contributed by atoms with Gasteiger partial charge in [-0.2, -0.15) is 23.5 Å². The Morgan fingerprint density at radius 2 is 1.79 bits per heavy atom. The summed E-state index contributed by atoms with van der Waals surface area (Å²) in [6.45, 7) is 4.82. The minimum Gasteiger partial charge on any atom is -0.466 e. The third kappa shape index (κ3) is 10.3. The van der Waals surface area contributed by atoms with Crippen molar-refractivity contribution in [1.29, 1.82) is 0 Å². The van der Waals surface area contributed by atoms with Crippen molar-refractivity contribution in [1.82, 2.24) is 0 Å². The monoisotopic (exact) mass is 236 g/mol. The number of hydrogen-bond acceptors (Lipinski definition) is 4. The number of carbonyl (C=O) groups is 1. The van der Waals surface area contributed by atoms with Gasteiger partial charge in [0, 0.05) is 5.75 Å². The standard InChI is InChI=1S/C10H20O2S2/c1-3-13-8-5-7-12-10(11)6-9-14-4-2/h3-9H2,1-2H3. The smallest absolute Gasteiger partial charge is 0.306 e. The first-order valence-corrected chi connectivity index (χ1v) is 7.43. The molecule has 0 aliphatic heterocycles. The lowest BCUT2D eigenvalue weighted by Gasteiger charge is -2.03. The van der Waals surface area contributed by atoms with Gasteiger partial charge < -0.3 is 4.74 Å². The zero-order valence-electron chi connectivity index (χ0n) is 9.08. The van der Waals surface area contributed by atoms with E-state index in [1.807, 2.05) is 11.8 Å². The molecule has 14 heavy (non-hydrogen) atoms. The molecule has 0 saturated heterocycles. The molecule has 0 unspecified atom stereocenters. The molecule has 0 rings (SSSR count). The molecule has 0 heterocycles. The zero-order chi connectivity index (χ0) is 10.6. The molecule has 0 aromatic rings. The van der Waals surface area contributed by atoms with Crippen LogP contribution in [0.5, 0.6) is 0 Å². The van der Waals surface area contributed by atoms with E-state index in [2.05, 4.69) is 13.8 Å². The van der Waals surface area contributed by atoms with Gasteiger partial charge in [0.25, 0.3) is 0 Å². The third-order valence-corrected chi connectivity index (χ3v) is 3.44. The van der Waals surface area contributed by atoms with E-state index in [0.717, 1.165) is 29.4 Å². The van der Waals surface area contributed by atoms with Gasteiger partial charge in [0.05, 0.1) is 13.0 Å². The van der Waals surface area contributed by atoms with E-state index in [-0.39, 0.29) is 5.97 Å². The molecule has 0 amide bonds. The summed E-state index contributed by atoms with van der Waals surface area (Å²) in [5.74, 6) is 4.14. The summed E-state index contributed by atoms with van der Waals surface area (Å²) in [6, 6.07) is 0. The van der Waals surface area contributed by atoms with Crippen LogP contribution in [0.15, 0.2) is 0 Å². The zero-order valence-corrected chi connectivity index (χ0v) is 10.7. The van der Waals surface area contributed by atoms with E-state index < -0.39 is 0 Å². The van der Waals surface area contributed by atoms with Crippen LogP contribution in [-0.4, -0.2) is 35.6 Å². The highest BCUT2D eigenvalue weighted by molar-refractivity contribution is 7.99. The number of carbonyl (C=O) groups excluding carboxylic acids is 1. The second-order valence-corrected chi connectivity index (χ2v) is 5.51. The molecular formula is C10H20O2S2. The molecule has 0 saturated carbocycles. The lowest BCUT2D eigenvalue weighted by molar-refractivity contribution is -0.143. The van der Waals surface area contributed by atoms with Crippen LogP contribution in [0.2, 0.25) is 0 Å². The summed E-state index contributed by atoms with van der Waals surface area (Å²) in [7, 11) is 0. The van der Waals surface area contributed by atoms with Crippen molar-refractivity contribution in [3.05, 3.63) is 0 Å². The second-order valence-electron chi connectivity index (χ2n) is 2.72. The van der Waals surface area contributed by atoms with Crippen molar-refractivity contribution in [2.24, 2.45) is 0 Å². The first kappa shape index (κ1) is 14.2. The number of ether oxygens (including phenoxy) is 1. The van der Waals surface area contributed by atoms with Crippen LogP contribution in [0, 0.1) is 0 Å². The van der Waals surface area contributed by atoms with E-state index in [0.29, 0.717) is 13.0 Å². The molecule has 0 spiro atoms. The minimum atomic E-state index is -0.0487. The summed E-state index contributed by atoms with van der Waals surface area (Å²) in [5.41, 5.74) is 0. The fraction of sp³-hybridized carbons (Fsp3) is 0.900. The van der Waals surface area contributed by atoms with Gasteiger partial charge in [0.1, 0.15) is 0 Å². The van der Waals surface area contributed by atoms with E-state index in [1.54, 1.807) is 11.8 Å². The topological polar surface area (TPSA) is 26.3 Å². The van der Waals surface area contributed by atoms with E-state index in [1.165, 1.54) is 0 Å². The molecule has 84 valence electrons. The first-order chi connectivity index (χ1) is 6.81. The molecule has 4 heteroatoms. The summed E-state index contributed by atoms with van der Waals surface area (Å²) in [4.78, 5) is 11.1. The molecule has 2 nitrogen and oxygen atoms in total. The summed E-state index contributed by atoms with van der Waals surface area (Å²) in [6.07, 6.45) is 1.53. The van der Waals surface area contributed by atoms with Crippen LogP contribution in [0.1, 0.15) is 26.7 Å². The van der Waals surface area contributed by atoms with Crippen LogP contribution in [0.4, 0.5) is 0 Å². The van der Waals surface area contributed by atoms with Crippen molar-refractivity contribution in [3.63, 3.8) is 0 Å². The summed E-state index contributed by atoms with van der Waals surface area (Å²) < 4.78 is 5.07. The number of rotatable bonds is 9.